The number of aryl methyl sites for hydroxylation is 1. The van der Waals surface area contributed by atoms with Crippen LogP contribution >= 0.6 is 11.6 Å². The molecule has 0 amide bonds. The van der Waals surface area contributed by atoms with Crippen LogP contribution in [0.15, 0.2) is 18.2 Å². The van der Waals surface area contributed by atoms with Gasteiger partial charge < -0.3 is 0 Å². The molecule has 0 bridgehead atoms. The summed E-state index contributed by atoms with van der Waals surface area (Å²) in [4.78, 5) is -0.224. The van der Waals surface area contributed by atoms with E-state index in [0.29, 0.717) is 0 Å². The number of hydrogen-bond acceptors (Lipinski definition) is 0. The van der Waals surface area contributed by atoms with Gasteiger partial charge in [-0.25, -0.2) is 0 Å². The second-order valence-corrected chi connectivity index (χ2v) is 12.0. The number of rotatable bonds is 23. The fraction of sp³-hybridized carbons (Fsp3) is 0.818. The highest BCUT2D eigenvalue weighted by atomic mass is 35.5. The molecule has 34 heavy (non-hydrogen) atoms. The van der Waals surface area contributed by atoms with Gasteiger partial charge in [0.2, 0.25) is 0 Å². The van der Waals surface area contributed by atoms with Crippen LogP contribution in [0.25, 0.3) is 0 Å². The molecule has 1 rings (SSSR count). The zero-order valence-corrected chi connectivity index (χ0v) is 24.4. The third kappa shape index (κ3) is 14.8. The van der Waals surface area contributed by atoms with Gasteiger partial charge in [-0.1, -0.05) is 154 Å². The predicted molar refractivity (Wildman–Crippen MR) is 156 cm³/mol. The maximum absolute atomic E-state index is 7.11. The minimum atomic E-state index is -0.224. The molecule has 0 aliphatic rings. The molecule has 0 fully saturated rings. The van der Waals surface area contributed by atoms with E-state index in [2.05, 4.69) is 45.9 Å². The number of unbranched alkanes of at least 4 members (excludes halogenated alkanes) is 18. The lowest BCUT2D eigenvalue weighted by molar-refractivity contribution is 0.513. The van der Waals surface area contributed by atoms with Crippen molar-refractivity contribution in [1.29, 1.82) is 0 Å². The lowest BCUT2D eigenvalue weighted by Gasteiger charge is -2.26. The van der Waals surface area contributed by atoms with E-state index in [1.54, 1.807) is 0 Å². The van der Waals surface area contributed by atoms with Crippen molar-refractivity contribution in [3.8, 4) is 0 Å². The summed E-state index contributed by atoms with van der Waals surface area (Å²) in [5, 5.41) is 0. The van der Waals surface area contributed by atoms with Crippen LogP contribution in [0, 0.1) is 6.92 Å². The Morgan fingerprint density at radius 1 is 0.588 bits per heavy atom. The summed E-state index contributed by atoms with van der Waals surface area (Å²) in [6.07, 6.45) is 30.1. The third-order valence-electron chi connectivity index (χ3n) is 7.81. The van der Waals surface area contributed by atoms with Crippen molar-refractivity contribution in [3.63, 3.8) is 0 Å². The summed E-state index contributed by atoms with van der Waals surface area (Å²) in [5.74, 6) is 0. The third-order valence-corrected chi connectivity index (χ3v) is 8.20. The van der Waals surface area contributed by atoms with Gasteiger partial charge in [-0.3, -0.25) is 0 Å². The SMILES string of the molecule is CCCCCCCCCCCCc1cccc(C(C)(Cl)CCCCCCCCCCCC)c1C. The fourth-order valence-corrected chi connectivity index (χ4v) is 5.74. The second kappa shape index (κ2) is 20.7. The van der Waals surface area contributed by atoms with E-state index in [-0.39, 0.29) is 4.87 Å². The van der Waals surface area contributed by atoms with E-state index in [1.807, 2.05) is 0 Å². The maximum Gasteiger partial charge on any atom is 0.0669 e. The largest absolute Gasteiger partial charge is 0.114 e. The normalized spacial score (nSPS) is 13.3. The highest BCUT2D eigenvalue weighted by Gasteiger charge is 2.25. The predicted octanol–water partition coefficient (Wildman–Crippen LogP) is 12.2. The van der Waals surface area contributed by atoms with Crippen molar-refractivity contribution in [3.05, 3.63) is 34.9 Å². The summed E-state index contributed by atoms with van der Waals surface area (Å²) >= 11 is 7.11. The summed E-state index contributed by atoms with van der Waals surface area (Å²) in [6.45, 7) is 9.14. The Morgan fingerprint density at radius 3 is 1.47 bits per heavy atom. The van der Waals surface area contributed by atoms with Gasteiger partial charge in [-0.2, -0.15) is 0 Å². The molecule has 1 unspecified atom stereocenters. The minimum absolute atomic E-state index is 0.224. The fourth-order valence-electron chi connectivity index (χ4n) is 5.40. The molecule has 0 radical (unpaired) electrons. The minimum Gasteiger partial charge on any atom is -0.114 e. The van der Waals surface area contributed by atoms with Crippen molar-refractivity contribution in [2.45, 2.75) is 174 Å². The average molecular weight is 491 g/mol. The molecule has 0 spiro atoms. The van der Waals surface area contributed by atoms with Crippen molar-refractivity contribution in [2.75, 3.05) is 0 Å². The molecular weight excluding hydrogens is 432 g/mol. The summed E-state index contributed by atoms with van der Waals surface area (Å²) in [6, 6.07) is 6.86. The van der Waals surface area contributed by atoms with Gasteiger partial charge in [0, 0.05) is 0 Å². The van der Waals surface area contributed by atoms with Crippen LogP contribution in [0.2, 0.25) is 0 Å². The van der Waals surface area contributed by atoms with Crippen LogP contribution in [0.5, 0.6) is 0 Å². The molecule has 0 saturated heterocycles. The van der Waals surface area contributed by atoms with Crippen LogP contribution in [0.3, 0.4) is 0 Å². The topological polar surface area (TPSA) is 0 Å². The first kappa shape index (κ1) is 31.5. The molecule has 0 aliphatic heterocycles. The molecule has 0 aromatic heterocycles. The van der Waals surface area contributed by atoms with Gasteiger partial charge in [0.25, 0.3) is 0 Å². The zero-order chi connectivity index (χ0) is 24.9. The highest BCUT2D eigenvalue weighted by molar-refractivity contribution is 6.23. The molecule has 0 nitrogen and oxygen atoms in total. The quantitative estimate of drug-likeness (QED) is 0.106. The van der Waals surface area contributed by atoms with E-state index >= 15 is 0 Å². The lowest BCUT2D eigenvalue weighted by Crippen LogP contribution is -2.16. The molecule has 0 N–H and O–H groups in total. The number of hydrogen-bond donors (Lipinski definition) is 0. The Balaban J connectivity index is 2.24. The van der Waals surface area contributed by atoms with Gasteiger partial charge >= 0.3 is 0 Å². The summed E-state index contributed by atoms with van der Waals surface area (Å²) in [5.41, 5.74) is 4.34. The van der Waals surface area contributed by atoms with Crippen molar-refractivity contribution >= 4 is 11.6 Å². The summed E-state index contributed by atoms with van der Waals surface area (Å²) in [7, 11) is 0. The Morgan fingerprint density at radius 2 is 1.00 bits per heavy atom. The van der Waals surface area contributed by atoms with E-state index in [4.69, 9.17) is 11.6 Å². The van der Waals surface area contributed by atoms with Crippen LogP contribution in [0.4, 0.5) is 0 Å². The van der Waals surface area contributed by atoms with Crippen LogP contribution in [-0.4, -0.2) is 0 Å². The van der Waals surface area contributed by atoms with Gasteiger partial charge in [0.15, 0.2) is 0 Å². The average Bonchev–Trinajstić information content (AvgIpc) is 2.82. The number of benzene rings is 1. The highest BCUT2D eigenvalue weighted by Crippen LogP contribution is 2.37. The molecule has 1 heteroatoms. The Kier molecular flexibility index (Phi) is 19.2. The molecule has 1 aromatic rings. The van der Waals surface area contributed by atoms with E-state index in [9.17, 15) is 0 Å². The standard InChI is InChI=1S/C33H59Cl/c1-5-7-9-11-13-15-17-19-21-23-26-31-27-25-28-32(30(31)3)33(4,34)29-24-22-20-18-16-14-12-10-8-6-2/h25,27-28H,5-24,26,29H2,1-4H3. The molecule has 0 aliphatic carbocycles. The first-order chi connectivity index (χ1) is 16.5. The molecule has 198 valence electrons. The van der Waals surface area contributed by atoms with Gasteiger partial charge in [0.1, 0.15) is 0 Å². The Labute approximate surface area is 220 Å². The molecule has 0 heterocycles. The monoisotopic (exact) mass is 490 g/mol. The lowest BCUT2D eigenvalue weighted by atomic mass is 9.87. The van der Waals surface area contributed by atoms with E-state index in [0.717, 1.165) is 6.42 Å². The first-order valence-electron chi connectivity index (χ1n) is 15.3. The molecule has 0 saturated carbocycles. The Bertz CT molecular complexity index is 588. The van der Waals surface area contributed by atoms with Gasteiger partial charge in [0.05, 0.1) is 4.87 Å². The second-order valence-electron chi connectivity index (χ2n) is 11.2. The maximum atomic E-state index is 7.11. The first-order valence-corrected chi connectivity index (χ1v) is 15.7. The van der Waals surface area contributed by atoms with E-state index < -0.39 is 0 Å². The van der Waals surface area contributed by atoms with Crippen LogP contribution < -0.4 is 0 Å². The molecule has 1 aromatic carbocycles. The zero-order valence-electron chi connectivity index (χ0n) is 23.7. The van der Waals surface area contributed by atoms with Crippen LogP contribution in [-0.2, 0) is 11.3 Å². The van der Waals surface area contributed by atoms with Crippen LogP contribution in [0.1, 0.15) is 172 Å². The number of alkyl halides is 1. The smallest absolute Gasteiger partial charge is 0.0669 e. The van der Waals surface area contributed by atoms with Crippen molar-refractivity contribution in [2.24, 2.45) is 0 Å². The summed E-state index contributed by atoms with van der Waals surface area (Å²) < 4.78 is 0. The van der Waals surface area contributed by atoms with Gasteiger partial charge in [-0.15, -0.1) is 11.6 Å². The van der Waals surface area contributed by atoms with Crippen molar-refractivity contribution in [1.82, 2.24) is 0 Å². The van der Waals surface area contributed by atoms with Crippen molar-refractivity contribution < 1.29 is 0 Å². The molecular formula is C33H59Cl. The van der Waals surface area contributed by atoms with Gasteiger partial charge in [-0.05, 0) is 49.8 Å². The van der Waals surface area contributed by atoms with E-state index in [1.165, 1.54) is 152 Å². The molecule has 1 atom stereocenters. The Hall–Kier alpha value is -0.490. The number of halogens is 1.